The van der Waals surface area contributed by atoms with Crippen LogP contribution in [-0.4, -0.2) is 72.9 Å². The van der Waals surface area contributed by atoms with Gasteiger partial charge >= 0.3 is 0 Å². The van der Waals surface area contributed by atoms with Gasteiger partial charge in [0.1, 0.15) is 6.04 Å². The standard InChI is InChI=1S/C29H35F2N3O3/c1-32(28(36)27(34-16-4-8-26(34)35)22-9-10-24(30)25(31)20-22)14-5-15-33-17-12-29(13-18-33)23-7-3-2-6-21(23)11-19-37-29/h2-3,6-7,9-10,20,27H,4-5,8,11-19H2,1H3. The first-order valence-electron chi connectivity index (χ1n) is 13.3. The molecule has 1 atom stereocenters. The molecule has 37 heavy (non-hydrogen) atoms. The summed E-state index contributed by atoms with van der Waals surface area (Å²) in [5.74, 6) is -2.39. The number of ether oxygens (including phenoxy) is 1. The highest BCUT2D eigenvalue weighted by molar-refractivity contribution is 5.89. The minimum Gasteiger partial charge on any atom is -0.370 e. The summed E-state index contributed by atoms with van der Waals surface area (Å²) in [5.41, 5.74) is 2.86. The molecule has 198 valence electrons. The van der Waals surface area contributed by atoms with Gasteiger partial charge in [-0.25, -0.2) is 8.78 Å². The predicted molar refractivity (Wildman–Crippen MR) is 136 cm³/mol. The normalized spacial score (nSPS) is 20.2. The van der Waals surface area contributed by atoms with Crippen molar-refractivity contribution in [2.45, 2.75) is 50.2 Å². The zero-order valence-electron chi connectivity index (χ0n) is 21.4. The van der Waals surface area contributed by atoms with E-state index < -0.39 is 17.7 Å². The highest BCUT2D eigenvalue weighted by Crippen LogP contribution is 2.41. The van der Waals surface area contributed by atoms with E-state index in [2.05, 4.69) is 29.2 Å². The third kappa shape index (κ3) is 5.27. The number of likely N-dealkylation sites (tertiary alicyclic amines) is 2. The average molecular weight is 512 g/mol. The molecule has 3 heterocycles. The Bertz CT molecular complexity index is 1150. The second-order valence-electron chi connectivity index (χ2n) is 10.5. The quantitative estimate of drug-likeness (QED) is 0.563. The fourth-order valence-electron chi connectivity index (χ4n) is 6.10. The van der Waals surface area contributed by atoms with Crippen molar-refractivity contribution in [2.24, 2.45) is 0 Å². The van der Waals surface area contributed by atoms with Crippen molar-refractivity contribution in [3.63, 3.8) is 0 Å². The number of fused-ring (bicyclic) bond motifs is 2. The van der Waals surface area contributed by atoms with Crippen LogP contribution in [0.2, 0.25) is 0 Å². The molecule has 0 aromatic heterocycles. The maximum Gasteiger partial charge on any atom is 0.249 e. The van der Waals surface area contributed by atoms with Crippen LogP contribution in [0.15, 0.2) is 42.5 Å². The number of nitrogens with zero attached hydrogens (tertiary/aromatic N) is 3. The van der Waals surface area contributed by atoms with Crippen LogP contribution >= 0.6 is 0 Å². The lowest BCUT2D eigenvalue weighted by Crippen LogP contribution is -2.47. The Morgan fingerprint density at radius 2 is 1.86 bits per heavy atom. The summed E-state index contributed by atoms with van der Waals surface area (Å²) < 4.78 is 33.9. The van der Waals surface area contributed by atoms with Crippen LogP contribution in [0.3, 0.4) is 0 Å². The van der Waals surface area contributed by atoms with Crippen LogP contribution in [0.1, 0.15) is 54.8 Å². The van der Waals surface area contributed by atoms with Crippen LogP contribution in [0.5, 0.6) is 0 Å². The summed E-state index contributed by atoms with van der Waals surface area (Å²) in [7, 11) is 1.72. The van der Waals surface area contributed by atoms with Crippen LogP contribution in [0.4, 0.5) is 8.78 Å². The Kier molecular flexibility index (Phi) is 7.58. The Hall–Kier alpha value is -2.84. The molecule has 3 aliphatic heterocycles. The molecule has 0 radical (unpaired) electrons. The minimum atomic E-state index is -1.02. The van der Waals surface area contributed by atoms with Gasteiger partial charge in [0.25, 0.3) is 0 Å². The third-order valence-electron chi connectivity index (χ3n) is 8.18. The number of rotatable bonds is 7. The van der Waals surface area contributed by atoms with E-state index in [-0.39, 0.29) is 17.4 Å². The summed E-state index contributed by atoms with van der Waals surface area (Å²) in [4.78, 5) is 31.5. The number of carbonyl (C=O) groups is 2. The number of hydrogen-bond donors (Lipinski definition) is 0. The Morgan fingerprint density at radius 1 is 1.08 bits per heavy atom. The number of likely N-dealkylation sites (N-methyl/N-ethyl adjacent to an activating group) is 1. The van der Waals surface area contributed by atoms with Gasteiger partial charge < -0.3 is 19.4 Å². The van der Waals surface area contributed by atoms with Crippen LogP contribution in [0.25, 0.3) is 0 Å². The summed E-state index contributed by atoms with van der Waals surface area (Å²) >= 11 is 0. The SMILES string of the molecule is CN(CCCN1CCC2(CC1)OCCc1ccccc12)C(=O)C(c1ccc(F)c(F)c1)N1CCCC1=O. The minimum absolute atomic E-state index is 0.134. The van der Waals surface area contributed by atoms with Gasteiger partial charge in [-0.05, 0) is 67.5 Å². The molecular weight excluding hydrogens is 476 g/mol. The number of amides is 2. The van der Waals surface area contributed by atoms with E-state index in [0.717, 1.165) is 64.1 Å². The highest BCUT2D eigenvalue weighted by atomic mass is 19.2. The first kappa shape index (κ1) is 25.8. The van der Waals surface area contributed by atoms with Gasteiger partial charge in [0.05, 0.1) is 12.2 Å². The van der Waals surface area contributed by atoms with Gasteiger partial charge in [0.2, 0.25) is 11.8 Å². The van der Waals surface area contributed by atoms with Crippen LogP contribution < -0.4 is 0 Å². The number of hydrogen-bond acceptors (Lipinski definition) is 4. The maximum absolute atomic E-state index is 14.0. The van der Waals surface area contributed by atoms with Crippen molar-refractivity contribution in [1.82, 2.24) is 14.7 Å². The number of benzene rings is 2. The molecule has 5 rings (SSSR count). The van der Waals surface area contributed by atoms with E-state index in [1.807, 2.05) is 0 Å². The molecule has 2 aromatic carbocycles. The van der Waals surface area contributed by atoms with E-state index >= 15 is 0 Å². The van der Waals surface area contributed by atoms with Crippen molar-refractivity contribution in [3.8, 4) is 0 Å². The highest BCUT2D eigenvalue weighted by Gasteiger charge is 2.40. The lowest BCUT2D eigenvalue weighted by molar-refractivity contribution is -0.143. The summed E-state index contributed by atoms with van der Waals surface area (Å²) in [6.07, 6.45) is 4.67. The largest absolute Gasteiger partial charge is 0.370 e. The van der Waals surface area contributed by atoms with Crippen molar-refractivity contribution >= 4 is 11.8 Å². The molecule has 0 aliphatic carbocycles. The van der Waals surface area contributed by atoms with Crippen molar-refractivity contribution in [3.05, 3.63) is 70.8 Å². The van der Waals surface area contributed by atoms with Gasteiger partial charge in [0, 0.05) is 39.6 Å². The van der Waals surface area contributed by atoms with Crippen molar-refractivity contribution < 1.29 is 23.1 Å². The van der Waals surface area contributed by atoms with Crippen LogP contribution in [0, 0.1) is 11.6 Å². The molecule has 2 amide bonds. The molecule has 0 saturated carbocycles. The van der Waals surface area contributed by atoms with Gasteiger partial charge in [-0.15, -0.1) is 0 Å². The van der Waals surface area contributed by atoms with Crippen LogP contribution in [-0.2, 0) is 26.3 Å². The van der Waals surface area contributed by atoms with E-state index in [1.165, 1.54) is 22.1 Å². The summed E-state index contributed by atoms with van der Waals surface area (Å²) in [6.45, 7) is 4.44. The van der Waals surface area contributed by atoms with Crippen molar-refractivity contribution in [2.75, 3.05) is 46.4 Å². The smallest absolute Gasteiger partial charge is 0.249 e. The third-order valence-corrected chi connectivity index (χ3v) is 8.18. The molecule has 2 fully saturated rings. The molecule has 2 aromatic rings. The fourth-order valence-corrected chi connectivity index (χ4v) is 6.10. The Balaban J connectivity index is 1.17. The van der Waals surface area contributed by atoms with Crippen molar-refractivity contribution in [1.29, 1.82) is 0 Å². The summed E-state index contributed by atoms with van der Waals surface area (Å²) in [5, 5.41) is 0. The van der Waals surface area contributed by atoms with Gasteiger partial charge in [0.15, 0.2) is 11.6 Å². The van der Waals surface area contributed by atoms with E-state index in [9.17, 15) is 18.4 Å². The molecule has 8 heteroatoms. The monoisotopic (exact) mass is 511 g/mol. The summed E-state index contributed by atoms with van der Waals surface area (Å²) in [6, 6.07) is 11.1. The van der Waals surface area contributed by atoms with Gasteiger partial charge in [-0.2, -0.15) is 0 Å². The topological polar surface area (TPSA) is 53.1 Å². The Labute approximate surface area is 217 Å². The predicted octanol–water partition coefficient (Wildman–Crippen LogP) is 4.04. The molecule has 3 aliphatic rings. The Morgan fingerprint density at radius 3 is 2.59 bits per heavy atom. The molecule has 1 spiro atoms. The maximum atomic E-state index is 14.0. The zero-order chi connectivity index (χ0) is 26.0. The lowest BCUT2D eigenvalue weighted by atomic mass is 9.79. The van der Waals surface area contributed by atoms with Gasteiger partial charge in [-0.3, -0.25) is 9.59 Å². The van der Waals surface area contributed by atoms with E-state index in [0.29, 0.717) is 31.5 Å². The molecule has 0 bridgehead atoms. The molecule has 2 saturated heterocycles. The average Bonchev–Trinajstić information content (AvgIpc) is 3.33. The van der Waals surface area contributed by atoms with Gasteiger partial charge in [-0.1, -0.05) is 30.3 Å². The second-order valence-corrected chi connectivity index (χ2v) is 10.5. The number of piperidine rings is 1. The first-order chi connectivity index (χ1) is 17.9. The lowest BCUT2D eigenvalue weighted by Gasteiger charge is -2.45. The number of halogens is 2. The number of carbonyl (C=O) groups excluding carboxylic acids is 2. The second kappa shape index (κ2) is 10.9. The fraction of sp³-hybridized carbons (Fsp3) is 0.517. The molecule has 0 N–H and O–H groups in total. The first-order valence-corrected chi connectivity index (χ1v) is 13.3. The van der Waals surface area contributed by atoms with E-state index in [1.54, 1.807) is 11.9 Å². The molecule has 1 unspecified atom stereocenters. The molecular formula is C29H35F2N3O3. The zero-order valence-corrected chi connectivity index (χ0v) is 21.4. The van der Waals surface area contributed by atoms with E-state index in [4.69, 9.17) is 4.74 Å². The molecule has 6 nitrogen and oxygen atoms in total.